The summed E-state index contributed by atoms with van der Waals surface area (Å²) in [5.74, 6) is -0.253. The summed E-state index contributed by atoms with van der Waals surface area (Å²) >= 11 is 2.91. The number of hydrogen-bond acceptors (Lipinski definition) is 6. The fraction of sp³-hybridized carbons (Fsp3) is 0. The van der Waals surface area contributed by atoms with Gasteiger partial charge in [-0.25, -0.2) is 14.4 Å². The van der Waals surface area contributed by atoms with E-state index in [9.17, 15) is 4.39 Å². The minimum absolute atomic E-state index is 0.253. The fourth-order valence-corrected chi connectivity index (χ4v) is 3.70. The van der Waals surface area contributed by atoms with Gasteiger partial charge in [-0.05, 0) is 30.3 Å². The van der Waals surface area contributed by atoms with Crippen LogP contribution >= 0.6 is 22.7 Å². The number of hydrogen-bond donors (Lipinski definition) is 1. The van der Waals surface area contributed by atoms with Crippen molar-refractivity contribution in [2.45, 2.75) is 0 Å². The summed E-state index contributed by atoms with van der Waals surface area (Å²) in [7, 11) is 0. The van der Waals surface area contributed by atoms with Crippen LogP contribution in [0.3, 0.4) is 0 Å². The summed E-state index contributed by atoms with van der Waals surface area (Å²) in [5.41, 5.74) is 2.69. The van der Waals surface area contributed by atoms with Crippen molar-refractivity contribution in [3.8, 4) is 11.3 Å². The van der Waals surface area contributed by atoms with Crippen LogP contribution in [0.1, 0.15) is 0 Å². The summed E-state index contributed by atoms with van der Waals surface area (Å²) in [5, 5.41) is 6.62. The van der Waals surface area contributed by atoms with Gasteiger partial charge in [-0.2, -0.15) is 0 Å². The van der Waals surface area contributed by atoms with Gasteiger partial charge in [-0.15, -0.1) is 11.3 Å². The molecule has 0 saturated carbocycles. The van der Waals surface area contributed by atoms with Gasteiger partial charge < -0.3 is 5.32 Å². The maximum Gasteiger partial charge on any atom is 0.190 e. The first-order valence-corrected chi connectivity index (χ1v) is 8.16. The standard InChI is InChI=1S/C15H9FN4S2/c16-10-1-2-11-13(7-10)22-15(18-11)20-14-19-12(8-21-14)9-3-5-17-6-4-9/h1-8H,(H,18,19,20). The highest BCUT2D eigenvalue weighted by molar-refractivity contribution is 7.22. The molecular weight excluding hydrogens is 319 g/mol. The van der Waals surface area contributed by atoms with E-state index >= 15 is 0 Å². The summed E-state index contributed by atoms with van der Waals surface area (Å²) in [6.07, 6.45) is 3.48. The van der Waals surface area contributed by atoms with Crippen LogP contribution in [-0.4, -0.2) is 15.0 Å². The van der Waals surface area contributed by atoms with Crippen molar-refractivity contribution in [2.24, 2.45) is 0 Å². The topological polar surface area (TPSA) is 50.7 Å². The molecular formula is C15H9FN4S2. The van der Waals surface area contributed by atoms with E-state index in [0.717, 1.165) is 26.6 Å². The molecule has 0 aliphatic rings. The van der Waals surface area contributed by atoms with Gasteiger partial charge in [0.2, 0.25) is 0 Å². The Morgan fingerprint density at radius 3 is 2.73 bits per heavy atom. The van der Waals surface area contributed by atoms with Gasteiger partial charge in [0.1, 0.15) is 5.82 Å². The summed E-state index contributed by atoms with van der Waals surface area (Å²) < 4.78 is 14.0. The molecule has 0 radical (unpaired) electrons. The molecule has 3 heterocycles. The average Bonchev–Trinajstić information content (AvgIpc) is 3.14. The van der Waals surface area contributed by atoms with Crippen molar-refractivity contribution in [3.05, 3.63) is 53.9 Å². The fourth-order valence-electron chi connectivity index (χ4n) is 2.03. The highest BCUT2D eigenvalue weighted by atomic mass is 32.1. The smallest absolute Gasteiger partial charge is 0.190 e. The van der Waals surface area contributed by atoms with Gasteiger partial charge in [0.25, 0.3) is 0 Å². The van der Waals surface area contributed by atoms with Gasteiger partial charge in [-0.1, -0.05) is 11.3 Å². The highest BCUT2D eigenvalue weighted by Crippen LogP contribution is 2.31. The zero-order valence-corrected chi connectivity index (χ0v) is 12.8. The van der Waals surface area contributed by atoms with Crippen molar-refractivity contribution in [3.63, 3.8) is 0 Å². The van der Waals surface area contributed by atoms with Crippen LogP contribution in [0.15, 0.2) is 48.1 Å². The molecule has 4 aromatic rings. The predicted molar refractivity (Wildman–Crippen MR) is 88.2 cm³/mol. The lowest BCUT2D eigenvalue weighted by Gasteiger charge is -1.96. The second-order valence-electron chi connectivity index (χ2n) is 4.53. The van der Waals surface area contributed by atoms with Crippen LogP contribution in [0.2, 0.25) is 0 Å². The van der Waals surface area contributed by atoms with Gasteiger partial charge in [-0.3, -0.25) is 4.98 Å². The van der Waals surface area contributed by atoms with E-state index in [1.165, 1.54) is 34.8 Å². The third-order valence-electron chi connectivity index (χ3n) is 3.04. The van der Waals surface area contributed by atoms with Crippen LogP contribution in [0.4, 0.5) is 14.7 Å². The molecule has 7 heteroatoms. The number of nitrogens with zero attached hydrogens (tertiary/aromatic N) is 3. The van der Waals surface area contributed by atoms with Crippen LogP contribution in [0, 0.1) is 5.82 Å². The zero-order chi connectivity index (χ0) is 14.9. The SMILES string of the molecule is Fc1ccc2nc(Nc3nc(-c4ccncc4)cs3)sc2c1. The number of nitrogens with one attached hydrogen (secondary N) is 1. The molecule has 0 aliphatic heterocycles. The summed E-state index contributed by atoms with van der Waals surface area (Å²) in [6, 6.07) is 8.41. The van der Waals surface area contributed by atoms with Crippen molar-refractivity contribution >= 4 is 43.2 Å². The molecule has 0 unspecified atom stereocenters. The highest BCUT2D eigenvalue weighted by Gasteiger charge is 2.08. The maximum atomic E-state index is 13.2. The Hall–Kier alpha value is -2.38. The molecule has 3 aromatic heterocycles. The van der Waals surface area contributed by atoms with Crippen LogP contribution in [0.5, 0.6) is 0 Å². The molecule has 108 valence electrons. The number of fused-ring (bicyclic) bond motifs is 1. The minimum Gasteiger partial charge on any atom is -0.307 e. The minimum atomic E-state index is -0.253. The first kappa shape index (κ1) is 13.3. The van der Waals surface area contributed by atoms with E-state index in [1.807, 2.05) is 17.5 Å². The first-order chi connectivity index (χ1) is 10.8. The molecule has 1 N–H and O–H groups in total. The molecule has 0 bridgehead atoms. The van der Waals surface area contributed by atoms with E-state index in [1.54, 1.807) is 18.5 Å². The van der Waals surface area contributed by atoms with Crippen LogP contribution < -0.4 is 5.32 Å². The van der Waals surface area contributed by atoms with Gasteiger partial charge in [0, 0.05) is 23.3 Å². The lowest BCUT2D eigenvalue weighted by atomic mass is 10.2. The molecule has 4 rings (SSSR count). The Bertz CT molecular complexity index is 933. The van der Waals surface area contributed by atoms with E-state index in [2.05, 4.69) is 20.3 Å². The number of halogens is 1. The molecule has 22 heavy (non-hydrogen) atoms. The lowest BCUT2D eigenvalue weighted by Crippen LogP contribution is -1.88. The molecule has 0 amide bonds. The Kier molecular flexibility index (Phi) is 3.28. The number of thiazole rings is 2. The van der Waals surface area contributed by atoms with Crippen molar-refractivity contribution in [2.75, 3.05) is 5.32 Å². The van der Waals surface area contributed by atoms with E-state index in [0.29, 0.717) is 5.13 Å². The van der Waals surface area contributed by atoms with Crippen molar-refractivity contribution < 1.29 is 4.39 Å². The largest absolute Gasteiger partial charge is 0.307 e. The first-order valence-electron chi connectivity index (χ1n) is 6.47. The normalized spacial score (nSPS) is 11.0. The predicted octanol–water partition coefficient (Wildman–Crippen LogP) is 4.70. The lowest BCUT2D eigenvalue weighted by molar-refractivity contribution is 0.630. The number of aromatic nitrogens is 3. The third kappa shape index (κ3) is 2.56. The molecule has 0 saturated heterocycles. The number of benzene rings is 1. The van der Waals surface area contributed by atoms with E-state index < -0.39 is 0 Å². The molecule has 0 spiro atoms. The number of rotatable bonds is 3. The summed E-state index contributed by atoms with van der Waals surface area (Å²) in [6.45, 7) is 0. The average molecular weight is 328 g/mol. The Morgan fingerprint density at radius 1 is 1.00 bits per heavy atom. The molecule has 4 nitrogen and oxygen atoms in total. The third-order valence-corrected chi connectivity index (χ3v) is 4.74. The Balaban J connectivity index is 1.61. The monoisotopic (exact) mass is 328 g/mol. The molecule has 1 aromatic carbocycles. The maximum absolute atomic E-state index is 13.2. The van der Waals surface area contributed by atoms with Crippen LogP contribution in [0.25, 0.3) is 21.5 Å². The second kappa shape index (κ2) is 5.43. The van der Waals surface area contributed by atoms with Crippen LogP contribution in [-0.2, 0) is 0 Å². The zero-order valence-electron chi connectivity index (χ0n) is 11.2. The number of anilines is 2. The molecule has 0 fully saturated rings. The van der Waals surface area contributed by atoms with Gasteiger partial charge in [0.15, 0.2) is 10.3 Å². The van der Waals surface area contributed by atoms with E-state index in [-0.39, 0.29) is 5.82 Å². The van der Waals surface area contributed by atoms with E-state index in [4.69, 9.17) is 0 Å². The van der Waals surface area contributed by atoms with Gasteiger partial charge >= 0.3 is 0 Å². The molecule has 0 atom stereocenters. The number of pyridine rings is 1. The quantitative estimate of drug-likeness (QED) is 0.592. The molecule has 0 aliphatic carbocycles. The van der Waals surface area contributed by atoms with Crippen molar-refractivity contribution in [1.29, 1.82) is 0 Å². The second-order valence-corrected chi connectivity index (χ2v) is 6.42. The van der Waals surface area contributed by atoms with Crippen molar-refractivity contribution in [1.82, 2.24) is 15.0 Å². The summed E-state index contributed by atoms with van der Waals surface area (Å²) in [4.78, 5) is 13.0. The van der Waals surface area contributed by atoms with Gasteiger partial charge in [0.05, 0.1) is 15.9 Å². The Morgan fingerprint density at radius 2 is 1.86 bits per heavy atom. The Labute approximate surface area is 133 Å².